The molecule has 1 saturated heterocycles. The molecule has 0 unspecified atom stereocenters. The Morgan fingerprint density at radius 1 is 1.23 bits per heavy atom. The molecule has 0 aliphatic carbocycles. The number of hydrogen-bond acceptors (Lipinski definition) is 6. The lowest BCUT2D eigenvalue weighted by atomic mass is 10.1. The van der Waals surface area contributed by atoms with Gasteiger partial charge in [0.2, 0.25) is 10.0 Å². The predicted molar refractivity (Wildman–Crippen MR) is 99.0 cm³/mol. The number of hydrogen-bond donors (Lipinski definition) is 1. The molecule has 1 aromatic heterocycles. The van der Waals surface area contributed by atoms with Crippen LogP contribution in [0.3, 0.4) is 0 Å². The van der Waals surface area contributed by atoms with Gasteiger partial charge in [0.05, 0.1) is 21.2 Å². The molecule has 2 heterocycles. The maximum absolute atomic E-state index is 12.8. The van der Waals surface area contributed by atoms with Crippen molar-refractivity contribution in [3.8, 4) is 0 Å². The van der Waals surface area contributed by atoms with Crippen LogP contribution in [0.1, 0.15) is 26.6 Å². The summed E-state index contributed by atoms with van der Waals surface area (Å²) >= 11 is 1.61. The number of rotatable bonds is 5. The summed E-state index contributed by atoms with van der Waals surface area (Å²) in [6, 6.07) is 4.26. The number of thiazole rings is 1. The van der Waals surface area contributed by atoms with Crippen molar-refractivity contribution in [3.05, 3.63) is 45.4 Å². The van der Waals surface area contributed by atoms with E-state index < -0.39 is 16.0 Å². The SMILES string of the molecule is Cc1nc(CN2CCN(S(=O)(=O)c3ccc(C)c(C(=O)O)c3)CC2)cs1. The van der Waals surface area contributed by atoms with Crippen LogP contribution in [0, 0.1) is 13.8 Å². The fraction of sp³-hybridized carbons (Fsp3) is 0.412. The summed E-state index contributed by atoms with van der Waals surface area (Å²) in [5, 5.41) is 12.3. The molecule has 26 heavy (non-hydrogen) atoms. The lowest BCUT2D eigenvalue weighted by Crippen LogP contribution is -2.48. The number of aryl methyl sites for hydroxylation is 2. The molecule has 1 fully saturated rings. The van der Waals surface area contributed by atoms with Crippen LogP contribution in [-0.4, -0.2) is 59.9 Å². The zero-order valence-corrected chi connectivity index (χ0v) is 16.3. The second-order valence-corrected chi connectivity index (χ2v) is 9.32. The van der Waals surface area contributed by atoms with Crippen molar-refractivity contribution >= 4 is 27.3 Å². The van der Waals surface area contributed by atoms with Gasteiger partial charge in [-0.05, 0) is 31.5 Å². The van der Waals surface area contributed by atoms with Gasteiger partial charge < -0.3 is 5.11 Å². The van der Waals surface area contributed by atoms with Gasteiger partial charge in [-0.2, -0.15) is 4.31 Å². The van der Waals surface area contributed by atoms with Crippen molar-refractivity contribution in [1.82, 2.24) is 14.2 Å². The van der Waals surface area contributed by atoms with Crippen molar-refractivity contribution in [2.75, 3.05) is 26.2 Å². The molecule has 0 saturated carbocycles. The van der Waals surface area contributed by atoms with Gasteiger partial charge in [0.1, 0.15) is 0 Å². The molecule has 0 bridgehead atoms. The molecule has 0 radical (unpaired) electrons. The minimum absolute atomic E-state index is 0.0172. The first-order valence-electron chi connectivity index (χ1n) is 8.25. The molecule has 1 aliphatic heterocycles. The Morgan fingerprint density at radius 2 is 1.92 bits per heavy atom. The smallest absolute Gasteiger partial charge is 0.335 e. The van der Waals surface area contributed by atoms with Gasteiger partial charge in [0.15, 0.2) is 0 Å². The van der Waals surface area contributed by atoms with Gasteiger partial charge in [0.25, 0.3) is 0 Å². The van der Waals surface area contributed by atoms with Gasteiger partial charge in [0, 0.05) is 38.1 Å². The van der Waals surface area contributed by atoms with E-state index in [1.807, 2.05) is 12.3 Å². The van der Waals surface area contributed by atoms with Gasteiger partial charge in [-0.15, -0.1) is 11.3 Å². The number of carboxylic acids is 1. The molecular formula is C17H21N3O4S2. The van der Waals surface area contributed by atoms with Crippen LogP contribution < -0.4 is 0 Å². The number of carboxylic acid groups (broad SMARTS) is 1. The quantitative estimate of drug-likeness (QED) is 0.832. The fourth-order valence-electron chi connectivity index (χ4n) is 2.98. The van der Waals surface area contributed by atoms with Crippen LogP contribution in [-0.2, 0) is 16.6 Å². The molecule has 7 nitrogen and oxygen atoms in total. The number of carbonyl (C=O) groups is 1. The highest BCUT2D eigenvalue weighted by atomic mass is 32.2. The number of piperazine rings is 1. The Morgan fingerprint density at radius 3 is 2.50 bits per heavy atom. The van der Waals surface area contributed by atoms with Crippen molar-refractivity contribution in [2.24, 2.45) is 0 Å². The minimum atomic E-state index is -3.70. The second-order valence-electron chi connectivity index (χ2n) is 6.32. The highest BCUT2D eigenvalue weighted by Gasteiger charge is 2.29. The Kier molecular flexibility index (Phi) is 5.42. The van der Waals surface area contributed by atoms with Crippen LogP contribution in [0.2, 0.25) is 0 Å². The first-order chi connectivity index (χ1) is 12.3. The molecule has 0 atom stereocenters. The Labute approximate surface area is 156 Å². The monoisotopic (exact) mass is 395 g/mol. The third-order valence-electron chi connectivity index (χ3n) is 4.46. The molecule has 0 spiro atoms. The van der Waals surface area contributed by atoms with Crippen LogP contribution in [0.25, 0.3) is 0 Å². The summed E-state index contributed by atoms with van der Waals surface area (Å²) in [7, 11) is -3.70. The van der Waals surface area contributed by atoms with Gasteiger partial charge in [-0.25, -0.2) is 18.2 Å². The van der Waals surface area contributed by atoms with Gasteiger partial charge >= 0.3 is 5.97 Å². The van der Waals surface area contributed by atoms with E-state index in [4.69, 9.17) is 0 Å². The van der Waals surface area contributed by atoms with E-state index in [2.05, 4.69) is 9.88 Å². The topological polar surface area (TPSA) is 90.8 Å². The third-order valence-corrected chi connectivity index (χ3v) is 7.18. The molecule has 1 aromatic carbocycles. The Balaban J connectivity index is 1.70. The maximum atomic E-state index is 12.8. The summed E-state index contributed by atoms with van der Waals surface area (Å²) < 4.78 is 27.1. The Hall–Kier alpha value is -1.81. The van der Waals surface area contributed by atoms with E-state index in [-0.39, 0.29) is 10.5 Å². The fourth-order valence-corrected chi connectivity index (χ4v) is 5.03. The summed E-state index contributed by atoms with van der Waals surface area (Å²) in [6.45, 7) is 6.32. The number of aromatic carboxylic acids is 1. The van der Waals surface area contributed by atoms with Crippen LogP contribution in [0.4, 0.5) is 0 Å². The highest BCUT2D eigenvalue weighted by Crippen LogP contribution is 2.21. The van der Waals surface area contributed by atoms with E-state index in [0.717, 1.165) is 10.7 Å². The van der Waals surface area contributed by atoms with E-state index in [1.165, 1.54) is 22.5 Å². The maximum Gasteiger partial charge on any atom is 0.335 e. The number of benzene rings is 1. The average Bonchev–Trinajstić information content (AvgIpc) is 3.00. The van der Waals surface area contributed by atoms with Crippen molar-refractivity contribution in [2.45, 2.75) is 25.3 Å². The first kappa shape index (κ1) is 19.0. The normalized spacial score (nSPS) is 16.7. The first-order valence-corrected chi connectivity index (χ1v) is 10.6. The molecule has 0 amide bonds. The molecule has 1 aliphatic rings. The summed E-state index contributed by atoms with van der Waals surface area (Å²) in [5.41, 5.74) is 1.57. The van der Waals surface area contributed by atoms with Gasteiger partial charge in [-0.3, -0.25) is 4.90 Å². The number of aromatic nitrogens is 1. The standard InChI is InChI=1S/C17H21N3O4S2/c1-12-3-4-15(9-16(12)17(21)22)26(23,24)20-7-5-19(6-8-20)10-14-11-25-13(2)18-14/h3-4,9,11H,5-8,10H2,1-2H3,(H,21,22). The Bertz CT molecular complexity index is 916. The lowest BCUT2D eigenvalue weighted by Gasteiger charge is -2.33. The highest BCUT2D eigenvalue weighted by molar-refractivity contribution is 7.89. The van der Waals surface area contributed by atoms with Crippen molar-refractivity contribution < 1.29 is 18.3 Å². The average molecular weight is 396 g/mol. The van der Waals surface area contributed by atoms with E-state index in [0.29, 0.717) is 38.3 Å². The van der Waals surface area contributed by atoms with Crippen molar-refractivity contribution in [3.63, 3.8) is 0 Å². The third kappa shape index (κ3) is 3.96. The van der Waals surface area contributed by atoms with Crippen LogP contribution in [0.15, 0.2) is 28.5 Å². The minimum Gasteiger partial charge on any atom is -0.478 e. The molecule has 3 rings (SSSR count). The predicted octanol–water partition coefficient (Wildman–Crippen LogP) is 1.96. The van der Waals surface area contributed by atoms with Crippen molar-refractivity contribution in [1.29, 1.82) is 0 Å². The zero-order valence-electron chi connectivity index (χ0n) is 14.7. The lowest BCUT2D eigenvalue weighted by molar-refractivity contribution is 0.0696. The van der Waals surface area contributed by atoms with E-state index in [9.17, 15) is 18.3 Å². The zero-order chi connectivity index (χ0) is 18.9. The molecule has 9 heteroatoms. The number of nitrogens with zero attached hydrogens (tertiary/aromatic N) is 3. The molecular weight excluding hydrogens is 374 g/mol. The summed E-state index contributed by atoms with van der Waals surface area (Å²) in [6.07, 6.45) is 0. The summed E-state index contributed by atoms with van der Waals surface area (Å²) in [4.78, 5) is 17.9. The van der Waals surface area contributed by atoms with Crippen LogP contribution in [0.5, 0.6) is 0 Å². The number of sulfonamides is 1. The second kappa shape index (κ2) is 7.43. The van der Waals surface area contributed by atoms with E-state index >= 15 is 0 Å². The van der Waals surface area contributed by atoms with E-state index in [1.54, 1.807) is 18.3 Å². The van der Waals surface area contributed by atoms with Crippen LogP contribution >= 0.6 is 11.3 Å². The summed E-state index contributed by atoms with van der Waals surface area (Å²) in [5.74, 6) is -1.12. The molecule has 140 valence electrons. The largest absolute Gasteiger partial charge is 0.478 e. The van der Waals surface area contributed by atoms with Gasteiger partial charge in [-0.1, -0.05) is 6.07 Å². The molecule has 2 aromatic rings. The molecule has 1 N–H and O–H groups in total.